The molecule has 3 fully saturated rings. The molecule has 0 unspecified atom stereocenters. The van der Waals surface area contributed by atoms with Gasteiger partial charge in [0, 0.05) is 24.8 Å². The summed E-state index contributed by atoms with van der Waals surface area (Å²) in [7, 11) is 0. The quantitative estimate of drug-likeness (QED) is 0.561. The fourth-order valence-electron chi connectivity index (χ4n) is 4.04. The second-order valence-electron chi connectivity index (χ2n) is 7.13. The Labute approximate surface area is 159 Å². The Kier molecular flexibility index (Phi) is 5.13. The summed E-state index contributed by atoms with van der Waals surface area (Å²) in [6, 6.07) is 8.87. The van der Waals surface area contributed by atoms with Crippen LogP contribution < -0.4 is 4.90 Å². The van der Waals surface area contributed by atoms with Crippen molar-refractivity contribution in [2.45, 2.75) is 51.0 Å². The molecule has 0 N–H and O–H groups in total. The number of hydrogen-bond donors (Lipinski definition) is 0. The van der Waals surface area contributed by atoms with Gasteiger partial charge in [0.15, 0.2) is 0 Å². The molecule has 3 nitrogen and oxygen atoms in total. The number of thioether (sulfide) groups is 1. The fourth-order valence-corrected chi connectivity index (χ4v) is 5.44. The van der Waals surface area contributed by atoms with Crippen LogP contribution in [0, 0.1) is 0 Å². The molecule has 1 aromatic carbocycles. The maximum Gasteiger partial charge on any atom is 0.266 e. The Morgan fingerprint density at radius 1 is 1.00 bits per heavy atom. The Morgan fingerprint density at radius 3 is 2.36 bits per heavy atom. The van der Waals surface area contributed by atoms with Crippen molar-refractivity contribution in [3.63, 3.8) is 0 Å². The molecule has 1 aromatic rings. The lowest BCUT2D eigenvalue weighted by atomic mass is 9.94. The van der Waals surface area contributed by atoms with Crippen molar-refractivity contribution >= 4 is 46.0 Å². The number of hydrogen-bond acceptors (Lipinski definition) is 4. The number of anilines is 1. The molecule has 25 heavy (non-hydrogen) atoms. The van der Waals surface area contributed by atoms with Crippen LogP contribution in [0.1, 0.15) is 50.5 Å². The van der Waals surface area contributed by atoms with Crippen molar-refractivity contribution in [1.82, 2.24) is 4.90 Å². The molecule has 0 aromatic heterocycles. The van der Waals surface area contributed by atoms with Crippen LogP contribution in [0.2, 0.25) is 0 Å². The lowest BCUT2D eigenvalue weighted by Gasteiger charge is -2.29. The number of carbonyl (C=O) groups excluding carboxylic acids is 1. The number of nitrogens with zero attached hydrogens (tertiary/aromatic N) is 2. The molecular formula is C20H24N2OS2. The van der Waals surface area contributed by atoms with Gasteiger partial charge < -0.3 is 4.90 Å². The van der Waals surface area contributed by atoms with E-state index >= 15 is 0 Å². The molecule has 2 saturated heterocycles. The zero-order chi connectivity index (χ0) is 17.2. The molecular weight excluding hydrogens is 348 g/mol. The molecule has 1 amide bonds. The van der Waals surface area contributed by atoms with Crippen molar-refractivity contribution in [3.05, 3.63) is 34.7 Å². The third kappa shape index (κ3) is 3.63. The van der Waals surface area contributed by atoms with Crippen LogP contribution in [0.3, 0.4) is 0 Å². The second kappa shape index (κ2) is 7.50. The van der Waals surface area contributed by atoms with Gasteiger partial charge in [0.25, 0.3) is 5.91 Å². The minimum Gasteiger partial charge on any atom is -0.372 e. The Bertz CT molecular complexity index is 686. The molecule has 0 bridgehead atoms. The van der Waals surface area contributed by atoms with E-state index in [1.807, 2.05) is 11.0 Å². The van der Waals surface area contributed by atoms with Crippen molar-refractivity contribution < 1.29 is 4.79 Å². The molecule has 4 rings (SSSR count). The summed E-state index contributed by atoms with van der Waals surface area (Å²) in [5, 5.41) is 0. The number of benzene rings is 1. The molecule has 1 aliphatic carbocycles. The first-order valence-corrected chi connectivity index (χ1v) is 10.6. The standard InChI is InChI=1S/C20H24N2OS2/c23-19-18(25-20(24)22(19)17-6-2-1-3-7-17)14-15-8-10-16(11-9-15)21-12-4-5-13-21/h8-11,14,17H,1-7,12-13H2/b18-14-. The first kappa shape index (κ1) is 17.1. The first-order valence-electron chi connectivity index (χ1n) is 9.34. The van der Waals surface area contributed by atoms with Crippen molar-refractivity contribution in [2.24, 2.45) is 0 Å². The Balaban J connectivity index is 1.49. The first-order chi connectivity index (χ1) is 12.2. The third-order valence-electron chi connectivity index (χ3n) is 5.43. The van der Waals surface area contributed by atoms with Gasteiger partial charge in [-0.1, -0.05) is 55.4 Å². The van der Waals surface area contributed by atoms with Gasteiger partial charge in [-0.25, -0.2) is 0 Å². The summed E-state index contributed by atoms with van der Waals surface area (Å²) >= 11 is 6.96. The van der Waals surface area contributed by atoms with Gasteiger partial charge in [-0.15, -0.1) is 0 Å². The van der Waals surface area contributed by atoms with Crippen LogP contribution >= 0.6 is 24.0 Å². The summed E-state index contributed by atoms with van der Waals surface area (Å²) in [5.41, 5.74) is 2.36. The topological polar surface area (TPSA) is 23.6 Å². The fraction of sp³-hybridized carbons (Fsp3) is 0.500. The van der Waals surface area contributed by atoms with Crippen LogP contribution in [0.25, 0.3) is 6.08 Å². The predicted molar refractivity (Wildman–Crippen MR) is 110 cm³/mol. The Hall–Kier alpha value is -1.33. The normalized spacial score (nSPS) is 23.9. The van der Waals surface area contributed by atoms with Crippen molar-refractivity contribution in [1.29, 1.82) is 0 Å². The van der Waals surface area contributed by atoms with Gasteiger partial charge in [-0.05, 0) is 49.5 Å². The summed E-state index contributed by atoms with van der Waals surface area (Å²) in [4.78, 5) is 17.9. The maximum atomic E-state index is 12.8. The number of thiocarbonyl (C=S) groups is 1. The smallest absolute Gasteiger partial charge is 0.266 e. The zero-order valence-electron chi connectivity index (χ0n) is 14.4. The van der Waals surface area contributed by atoms with Gasteiger partial charge in [-0.2, -0.15) is 0 Å². The SMILES string of the molecule is O=C1/C(=C/c2ccc(N3CCCC3)cc2)SC(=S)N1C1CCCCC1. The van der Waals surface area contributed by atoms with Crippen LogP contribution in [-0.2, 0) is 4.79 Å². The van der Waals surface area contributed by atoms with Crippen molar-refractivity contribution in [3.8, 4) is 0 Å². The number of rotatable bonds is 3. The van der Waals surface area contributed by atoms with Crippen LogP contribution in [0.4, 0.5) is 5.69 Å². The monoisotopic (exact) mass is 372 g/mol. The lowest BCUT2D eigenvalue weighted by Crippen LogP contribution is -2.39. The van der Waals surface area contributed by atoms with Gasteiger partial charge in [0.1, 0.15) is 4.32 Å². The minimum absolute atomic E-state index is 0.102. The van der Waals surface area contributed by atoms with Gasteiger partial charge in [-0.3, -0.25) is 9.69 Å². The highest BCUT2D eigenvalue weighted by Crippen LogP contribution is 2.37. The highest BCUT2D eigenvalue weighted by atomic mass is 32.2. The van der Waals surface area contributed by atoms with Crippen LogP contribution in [0.5, 0.6) is 0 Å². The maximum absolute atomic E-state index is 12.8. The number of amides is 1. The molecule has 132 valence electrons. The molecule has 2 heterocycles. The summed E-state index contributed by atoms with van der Waals surface area (Å²) < 4.78 is 0.733. The van der Waals surface area contributed by atoms with E-state index in [0.29, 0.717) is 6.04 Å². The Morgan fingerprint density at radius 2 is 1.68 bits per heavy atom. The summed E-state index contributed by atoms with van der Waals surface area (Å²) in [6.45, 7) is 2.30. The van der Waals surface area contributed by atoms with Crippen LogP contribution in [0.15, 0.2) is 29.2 Å². The van der Waals surface area contributed by atoms with Gasteiger partial charge >= 0.3 is 0 Å². The van der Waals surface area contributed by atoms with Gasteiger partial charge in [0.05, 0.1) is 4.91 Å². The van der Waals surface area contributed by atoms with E-state index < -0.39 is 0 Å². The van der Waals surface area contributed by atoms with Gasteiger partial charge in [0.2, 0.25) is 0 Å². The van der Waals surface area contributed by atoms with E-state index in [0.717, 1.165) is 40.7 Å². The molecule has 0 radical (unpaired) electrons. The molecule has 1 saturated carbocycles. The molecule has 0 spiro atoms. The lowest BCUT2D eigenvalue weighted by molar-refractivity contribution is -0.124. The van der Waals surface area contributed by atoms with Crippen molar-refractivity contribution in [2.75, 3.05) is 18.0 Å². The van der Waals surface area contributed by atoms with E-state index in [4.69, 9.17) is 12.2 Å². The van der Waals surface area contributed by atoms with E-state index in [1.54, 1.807) is 0 Å². The molecule has 2 aliphatic heterocycles. The van der Waals surface area contributed by atoms with E-state index in [9.17, 15) is 4.79 Å². The van der Waals surface area contributed by atoms with E-state index in [1.165, 1.54) is 49.6 Å². The average Bonchev–Trinajstić information content (AvgIpc) is 3.26. The number of carbonyl (C=O) groups is 1. The van der Waals surface area contributed by atoms with Crippen LogP contribution in [-0.4, -0.2) is 34.3 Å². The molecule has 5 heteroatoms. The summed E-state index contributed by atoms with van der Waals surface area (Å²) in [5.74, 6) is 0.102. The molecule has 0 atom stereocenters. The van der Waals surface area contributed by atoms with E-state index in [2.05, 4.69) is 29.2 Å². The summed E-state index contributed by atoms with van der Waals surface area (Å²) in [6.07, 6.45) is 10.4. The highest BCUT2D eigenvalue weighted by molar-refractivity contribution is 8.26. The largest absolute Gasteiger partial charge is 0.372 e. The minimum atomic E-state index is 0.102. The third-order valence-corrected chi connectivity index (χ3v) is 6.76. The van der Waals surface area contributed by atoms with E-state index in [-0.39, 0.29) is 5.91 Å². The molecule has 3 aliphatic rings. The average molecular weight is 373 g/mol. The second-order valence-corrected chi connectivity index (χ2v) is 8.80. The highest BCUT2D eigenvalue weighted by Gasteiger charge is 2.37. The predicted octanol–water partition coefficient (Wildman–Crippen LogP) is 4.82. The zero-order valence-corrected chi connectivity index (χ0v) is 16.1.